The second kappa shape index (κ2) is 10.4. The Bertz CT molecular complexity index is 1480. The molecule has 7 nitrogen and oxygen atoms in total. The Morgan fingerprint density at radius 3 is 2.56 bits per heavy atom. The monoisotopic (exact) mass is 519 g/mol. The summed E-state index contributed by atoms with van der Waals surface area (Å²) in [5.74, 6) is 1.27. The number of benzene rings is 2. The zero-order valence-corrected chi connectivity index (χ0v) is 20.7. The first-order valence-electron chi connectivity index (χ1n) is 11.8. The average Bonchev–Trinajstić information content (AvgIpc) is 3.21. The number of nitrogens with one attached hydrogen (secondary N) is 1. The quantitative estimate of drug-likeness (QED) is 0.277. The van der Waals surface area contributed by atoms with Crippen LogP contribution in [-0.2, 0) is 29.2 Å². The van der Waals surface area contributed by atoms with Gasteiger partial charge in [-0.05, 0) is 43.5 Å². The summed E-state index contributed by atoms with van der Waals surface area (Å²) in [7, 11) is -4.06. The van der Waals surface area contributed by atoms with E-state index in [0.717, 1.165) is 59.7 Å². The highest BCUT2D eigenvalue weighted by Crippen LogP contribution is 2.31. The van der Waals surface area contributed by atoms with Gasteiger partial charge in [-0.15, -0.1) is 0 Å². The molecule has 0 saturated carbocycles. The molecule has 0 radical (unpaired) electrons. The molecule has 36 heavy (non-hydrogen) atoms. The molecular weight excluding hydrogens is 491 g/mol. The predicted molar refractivity (Wildman–Crippen MR) is 134 cm³/mol. The van der Waals surface area contributed by atoms with Gasteiger partial charge in [0, 0.05) is 24.9 Å². The summed E-state index contributed by atoms with van der Waals surface area (Å²) < 4.78 is 68.4. The largest absolute Gasteiger partial charge is 0.416 e. The number of rotatable bonds is 10. The highest BCUT2D eigenvalue weighted by molar-refractivity contribution is 7.89. The number of anilines is 1. The number of aromatic nitrogens is 3. The molecule has 11 heteroatoms. The van der Waals surface area contributed by atoms with E-state index in [1.165, 1.54) is 0 Å². The Labute approximate surface area is 207 Å². The fourth-order valence-electron chi connectivity index (χ4n) is 4.20. The van der Waals surface area contributed by atoms with Crippen molar-refractivity contribution >= 4 is 37.8 Å². The topological polar surface area (TPSA) is 103 Å². The van der Waals surface area contributed by atoms with Crippen LogP contribution in [0.2, 0.25) is 0 Å². The second-order valence-corrected chi connectivity index (χ2v) is 10.4. The molecule has 0 spiro atoms. The van der Waals surface area contributed by atoms with Crippen molar-refractivity contribution in [1.29, 1.82) is 0 Å². The van der Waals surface area contributed by atoms with Crippen LogP contribution in [0, 0.1) is 0 Å². The van der Waals surface area contributed by atoms with Crippen LogP contribution in [0.3, 0.4) is 0 Å². The van der Waals surface area contributed by atoms with Gasteiger partial charge in [0.2, 0.25) is 10.0 Å². The second-order valence-electron chi connectivity index (χ2n) is 8.63. The zero-order chi connectivity index (χ0) is 25.9. The maximum Gasteiger partial charge on any atom is 0.416 e. The van der Waals surface area contributed by atoms with Gasteiger partial charge in [-0.1, -0.05) is 37.6 Å². The maximum absolute atomic E-state index is 13.0. The van der Waals surface area contributed by atoms with Crippen molar-refractivity contribution in [2.24, 2.45) is 0 Å². The van der Waals surface area contributed by atoms with Gasteiger partial charge >= 0.3 is 6.18 Å². The van der Waals surface area contributed by atoms with Crippen molar-refractivity contribution in [3.8, 4) is 0 Å². The number of pyridine rings is 1. The number of halogens is 3. The minimum Gasteiger partial charge on any atom is -0.382 e. The lowest BCUT2D eigenvalue weighted by Crippen LogP contribution is -2.25. The molecule has 0 atom stereocenters. The van der Waals surface area contributed by atoms with Gasteiger partial charge < -0.3 is 10.3 Å². The van der Waals surface area contributed by atoms with E-state index in [9.17, 15) is 21.6 Å². The third-order valence-corrected chi connectivity index (χ3v) is 7.47. The Hall–Kier alpha value is -3.18. The highest BCUT2D eigenvalue weighted by Gasteiger charge is 2.31. The van der Waals surface area contributed by atoms with Crippen LogP contribution in [0.15, 0.2) is 53.4 Å². The maximum atomic E-state index is 13.0. The molecule has 2 heterocycles. The number of hydrogen-bond donors (Lipinski definition) is 2. The van der Waals surface area contributed by atoms with Crippen LogP contribution in [0.4, 0.5) is 19.0 Å². The smallest absolute Gasteiger partial charge is 0.382 e. The standard InChI is InChI=1S/C25H28F3N5O2S/c1-2-3-13-21-32-22-23(19-11-4-5-12-20(19)31-24(22)29)33(21)15-7-6-14-30-36(34,35)18-10-8-9-17(16-18)25(26,27)28/h4-5,8-12,16,30H,2-3,6-7,13-15H2,1H3,(H2,29,31). The summed E-state index contributed by atoms with van der Waals surface area (Å²) in [5.41, 5.74) is 7.56. The van der Waals surface area contributed by atoms with E-state index in [1.807, 2.05) is 24.3 Å². The minimum absolute atomic E-state index is 0.0972. The van der Waals surface area contributed by atoms with Crippen molar-refractivity contribution in [1.82, 2.24) is 19.3 Å². The van der Waals surface area contributed by atoms with Crippen LogP contribution in [0.25, 0.3) is 21.9 Å². The van der Waals surface area contributed by atoms with Gasteiger partial charge in [0.15, 0.2) is 5.82 Å². The molecule has 0 fully saturated rings. The number of sulfonamides is 1. The van der Waals surface area contributed by atoms with Crippen molar-refractivity contribution in [2.75, 3.05) is 12.3 Å². The Morgan fingerprint density at radius 2 is 1.81 bits per heavy atom. The SMILES string of the molecule is CCCCc1nc2c(N)nc3ccccc3c2n1CCCCNS(=O)(=O)c1cccc(C(F)(F)F)c1. The van der Waals surface area contributed by atoms with Gasteiger partial charge in [0.25, 0.3) is 0 Å². The van der Waals surface area contributed by atoms with Crippen LogP contribution in [0.1, 0.15) is 44.0 Å². The molecule has 0 saturated heterocycles. The fourth-order valence-corrected chi connectivity index (χ4v) is 5.32. The summed E-state index contributed by atoms with van der Waals surface area (Å²) >= 11 is 0. The molecule has 3 N–H and O–H groups in total. The Kier molecular flexibility index (Phi) is 7.51. The summed E-state index contributed by atoms with van der Waals surface area (Å²) in [6.07, 6.45) is -0.741. The van der Waals surface area contributed by atoms with Crippen molar-refractivity contribution < 1.29 is 21.6 Å². The Balaban J connectivity index is 1.49. The Morgan fingerprint density at radius 1 is 1.03 bits per heavy atom. The summed E-state index contributed by atoms with van der Waals surface area (Å²) in [5, 5.41) is 0.946. The molecule has 4 aromatic rings. The first-order chi connectivity index (χ1) is 17.1. The van der Waals surface area contributed by atoms with Crippen LogP contribution >= 0.6 is 0 Å². The summed E-state index contributed by atoms with van der Waals surface area (Å²) in [6, 6.07) is 11.4. The third kappa shape index (κ3) is 5.46. The van der Waals surface area contributed by atoms with Crippen LogP contribution in [0.5, 0.6) is 0 Å². The number of imidazole rings is 1. The van der Waals surface area contributed by atoms with Crippen LogP contribution < -0.4 is 10.5 Å². The first kappa shape index (κ1) is 25.9. The third-order valence-electron chi connectivity index (χ3n) is 6.02. The summed E-state index contributed by atoms with van der Waals surface area (Å²) in [6.45, 7) is 2.79. The number of nitrogens with zero attached hydrogens (tertiary/aromatic N) is 3. The van der Waals surface area contributed by atoms with Gasteiger partial charge in [-0.25, -0.2) is 23.1 Å². The van der Waals surface area contributed by atoms with Crippen molar-refractivity contribution in [2.45, 2.75) is 56.6 Å². The first-order valence-corrected chi connectivity index (χ1v) is 13.3. The number of unbranched alkanes of at least 4 members (excludes halogenated alkanes) is 2. The normalized spacial score (nSPS) is 12.6. The van der Waals surface area contributed by atoms with E-state index in [1.54, 1.807) is 0 Å². The van der Waals surface area contributed by atoms with Gasteiger partial charge in [0.1, 0.15) is 11.3 Å². The fraction of sp³-hybridized carbons (Fsp3) is 0.360. The molecule has 2 aromatic heterocycles. The summed E-state index contributed by atoms with van der Waals surface area (Å²) in [4.78, 5) is 8.85. The number of nitrogens with two attached hydrogens (primary N) is 1. The molecular formula is C25H28F3N5O2S. The molecule has 0 bridgehead atoms. The van der Waals surface area contributed by atoms with Crippen molar-refractivity contribution in [3.05, 3.63) is 59.9 Å². The molecule has 192 valence electrons. The average molecular weight is 520 g/mol. The van der Waals surface area contributed by atoms with E-state index in [0.29, 0.717) is 36.8 Å². The van der Waals surface area contributed by atoms with Crippen molar-refractivity contribution in [3.63, 3.8) is 0 Å². The van der Waals surface area contributed by atoms with Gasteiger partial charge in [-0.3, -0.25) is 0 Å². The lowest BCUT2D eigenvalue weighted by molar-refractivity contribution is -0.137. The number of hydrogen-bond acceptors (Lipinski definition) is 5. The predicted octanol–water partition coefficient (Wildman–Crippen LogP) is 5.29. The molecule has 0 amide bonds. The van der Waals surface area contributed by atoms with E-state index >= 15 is 0 Å². The number of alkyl halides is 3. The lowest BCUT2D eigenvalue weighted by Gasteiger charge is -2.12. The number of aryl methyl sites for hydroxylation is 2. The molecule has 0 unspecified atom stereocenters. The van der Waals surface area contributed by atoms with E-state index in [2.05, 4.69) is 21.2 Å². The van der Waals surface area contributed by atoms with E-state index < -0.39 is 26.7 Å². The lowest BCUT2D eigenvalue weighted by atomic mass is 10.2. The molecule has 4 rings (SSSR count). The van der Waals surface area contributed by atoms with Gasteiger partial charge in [0.05, 0.1) is 21.5 Å². The zero-order valence-electron chi connectivity index (χ0n) is 19.8. The van der Waals surface area contributed by atoms with Gasteiger partial charge in [-0.2, -0.15) is 13.2 Å². The van der Waals surface area contributed by atoms with E-state index in [4.69, 9.17) is 10.7 Å². The number of fused-ring (bicyclic) bond motifs is 3. The minimum atomic E-state index is -4.61. The number of nitrogen functional groups attached to an aromatic ring is 1. The van der Waals surface area contributed by atoms with Crippen LogP contribution in [-0.4, -0.2) is 29.5 Å². The molecule has 0 aliphatic rings. The molecule has 2 aromatic carbocycles. The number of para-hydroxylation sites is 1. The highest BCUT2D eigenvalue weighted by atomic mass is 32.2. The van der Waals surface area contributed by atoms with E-state index in [-0.39, 0.29) is 6.54 Å². The molecule has 0 aliphatic carbocycles. The molecule has 0 aliphatic heterocycles.